The molecule has 0 radical (unpaired) electrons. The second-order valence-corrected chi connectivity index (χ2v) is 8.34. The predicted octanol–water partition coefficient (Wildman–Crippen LogP) is 2.29. The van der Waals surface area contributed by atoms with Gasteiger partial charge in [0.2, 0.25) is 5.95 Å². The Labute approximate surface area is 189 Å². The van der Waals surface area contributed by atoms with Crippen LogP contribution >= 0.6 is 0 Å². The Balaban J connectivity index is 1.55. The van der Waals surface area contributed by atoms with Gasteiger partial charge in [-0.3, -0.25) is 18.8 Å². The molecule has 10 nitrogen and oxygen atoms in total. The third-order valence-electron chi connectivity index (χ3n) is 6.11. The van der Waals surface area contributed by atoms with Crippen molar-refractivity contribution in [2.24, 2.45) is 14.1 Å². The first-order chi connectivity index (χ1) is 15.9. The number of anilines is 2. The molecule has 33 heavy (non-hydrogen) atoms. The van der Waals surface area contributed by atoms with Gasteiger partial charge in [0.05, 0.1) is 12.4 Å². The summed E-state index contributed by atoms with van der Waals surface area (Å²) in [4.78, 5) is 34.5. The summed E-state index contributed by atoms with van der Waals surface area (Å²) < 4.78 is 10.0. The molecular formula is C23H25N7O3. The van der Waals surface area contributed by atoms with Crippen LogP contribution in [-0.4, -0.2) is 42.1 Å². The second kappa shape index (κ2) is 8.28. The van der Waals surface area contributed by atoms with E-state index in [1.54, 1.807) is 17.9 Å². The molecule has 0 amide bonds. The smallest absolute Gasteiger partial charge is 0.318 e. The molecule has 0 unspecified atom stereocenters. The molecule has 10 heteroatoms. The summed E-state index contributed by atoms with van der Waals surface area (Å²) in [7, 11) is 3.46. The van der Waals surface area contributed by atoms with Gasteiger partial charge in [-0.15, -0.1) is 0 Å². The lowest BCUT2D eigenvalue weighted by atomic mass is 10.1. The number of nitrogens with zero attached hydrogens (tertiary/aromatic N) is 6. The van der Waals surface area contributed by atoms with Gasteiger partial charge in [0.25, 0.3) is 0 Å². The maximum atomic E-state index is 12.9. The van der Waals surface area contributed by atoms with Crippen LogP contribution in [0.4, 0.5) is 11.6 Å². The fraction of sp³-hybridized carbons (Fsp3) is 0.348. The van der Waals surface area contributed by atoms with E-state index in [0.717, 1.165) is 22.4 Å². The molecule has 0 aliphatic carbocycles. The maximum absolute atomic E-state index is 12.9. The molecular weight excluding hydrogens is 422 g/mol. The highest BCUT2D eigenvalue weighted by atomic mass is 16.5. The number of hydrogen-bond donors (Lipinski definition) is 1. The average Bonchev–Trinajstić information content (AvgIpc) is 3.26. The molecule has 1 aliphatic rings. The molecule has 4 aromatic rings. The van der Waals surface area contributed by atoms with E-state index in [4.69, 9.17) is 4.74 Å². The van der Waals surface area contributed by atoms with Crippen molar-refractivity contribution in [1.29, 1.82) is 0 Å². The number of nitrogens with one attached hydrogen (secondary N) is 1. The van der Waals surface area contributed by atoms with Crippen molar-refractivity contribution in [1.82, 2.24) is 28.9 Å². The SMILES string of the molecule is Cc1cc(-c2cnn(C)c2)ccc1Nc1ncc2c(n1)n(C1CCOCC1)c(=O)c(=O)n2C. The van der Waals surface area contributed by atoms with Crippen LogP contribution in [0.5, 0.6) is 0 Å². The number of hydrogen-bond acceptors (Lipinski definition) is 7. The number of aryl methyl sites for hydroxylation is 3. The topological polar surface area (TPSA) is 109 Å². The van der Waals surface area contributed by atoms with Crippen molar-refractivity contribution in [3.63, 3.8) is 0 Å². The van der Waals surface area contributed by atoms with Crippen LogP contribution in [0.25, 0.3) is 22.3 Å². The number of ether oxygens (including phenoxy) is 1. The van der Waals surface area contributed by atoms with E-state index in [2.05, 4.69) is 26.4 Å². The summed E-state index contributed by atoms with van der Waals surface area (Å²) in [6.07, 6.45) is 6.69. The van der Waals surface area contributed by atoms with Gasteiger partial charge in [-0.25, -0.2) is 4.98 Å². The van der Waals surface area contributed by atoms with E-state index in [0.29, 0.717) is 43.2 Å². The number of fused-ring (bicyclic) bond motifs is 1. The molecule has 0 saturated carbocycles. The Morgan fingerprint density at radius 1 is 1.06 bits per heavy atom. The van der Waals surface area contributed by atoms with Gasteiger partial charge in [0.1, 0.15) is 5.52 Å². The summed E-state index contributed by atoms with van der Waals surface area (Å²) in [5, 5.41) is 7.49. The monoisotopic (exact) mass is 447 g/mol. The molecule has 0 bridgehead atoms. The first-order valence-corrected chi connectivity index (χ1v) is 10.8. The summed E-state index contributed by atoms with van der Waals surface area (Å²) >= 11 is 0. The zero-order valence-corrected chi connectivity index (χ0v) is 18.8. The Hall–Kier alpha value is -3.79. The van der Waals surface area contributed by atoms with Crippen molar-refractivity contribution in [3.05, 3.63) is 63.1 Å². The van der Waals surface area contributed by atoms with Crippen molar-refractivity contribution in [2.75, 3.05) is 18.5 Å². The maximum Gasteiger partial charge on any atom is 0.318 e. The molecule has 170 valence electrons. The van der Waals surface area contributed by atoms with Crippen molar-refractivity contribution in [3.8, 4) is 11.1 Å². The van der Waals surface area contributed by atoms with Gasteiger partial charge in [-0.2, -0.15) is 10.1 Å². The zero-order chi connectivity index (χ0) is 23.1. The summed E-state index contributed by atoms with van der Waals surface area (Å²) in [5.41, 5.74) is 3.77. The average molecular weight is 447 g/mol. The summed E-state index contributed by atoms with van der Waals surface area (Å²) in [6, 6.07) is 5.92. The van der Waals surface area contributed by atoms with Crippen molar-refractivity contribution >= 4 is 22.8 Å². The molecule has 0 atom stereocenters. The minimum Gasteiger partial charge on any atom is -0.381 e. The third-order valence-corrected chi connectivity index (χ3v) is 6.11. The summed E-state index contributed by atoms with van der Waals surface area (Å²) in [6.45, 7) is 3.10. The van der Waals surface area contributed by atoms with Crippen LogP contribution in [0.2, 0.25) is 0 Å². The molecule has 5 rings (SSSR count). The lowest BCUT2D eigenvalue weighted by molar-refractivity contribution is 0.0695. The Kier molecular flexibility index (Phi) is 5.29. The molecule has 1 aliphatic heterocycles. The zero-order valence-electron chi connectivity index (χ0n) is 18.8. The van der Waals surface area contributed by atoms with Crippen LogP contribution < -0.4 is 16.4 Å². The Bertz CT molecular complexity index is 1460. The van der Waals surface area contributed by atoms with Gasteiger partial charge in [0.15, 0.2) is 5.65 Å². The van der Waals surface area contributed by atoms with Crippen LogP contribution in [0, 0.1) is 6.92 Å². The van der Waals surface area contributed by atoms with E-state index >= 15 is 0 Å². The molecule has 1 aromatic carbocycles. The van der Waals surface area contributed by atoms with Gasteiger partial charge in [0, 0.05) is 50.8 Å². The van der Waals surface area contributed by atoms with Crippen LogP contribution in [0.3, 0.4) is 0 Å². The molecule has 1 saturated heterocycles. The van der Waals surface area contributed by atoms with Crippen LogP contribution in [0.1, 0.15) is 24.4 Å². The molecule has 4 heterocycles. The van der Waals surface area contributed by atoms with E-state index < -0.39 is 11.1 Å². The van der Waals surface area contributed by atoms with E-state index in [1.165, 1.54) is 9.13 Å². The first kappa shape index (κ1) is 21.1. The third kappa shape index (κ3) is 3.82. The highest BCUT2D eigenvalue weighted by Gasteiger charge is 2.23. The normalized spacial score (nSPS) is 14.6. The minimum atomic E-state index is -0.583. The van der Waals surface area contributed by atoms with Crippen molar-refractivity contribution in [2.45, 2.75) is 25.8 Å². The molecule has 3 aromatic heterocycles. The predicted molar refractivity (Wildman–Crippen MR) is 125 cm³/mol. The number of benzene rings is 1. The van der Waals surface area contributed by atoms with Crippen molar-refractivity contribution < 1.29 is 4.74 Å². The van der Waals surface area contributed by atoms with Crippen LogP contribution in [-0.2, 0) is 18.8 Å². The van der Waals surface area contributed by atoms with E-state index in [1.807, 2.05) is 38.5 Å². The first-order valence-electron chi connectivity index (χ1n) is 10.8. The second-order valence-electron chi connectivity index (χ2n) is 8.34. The quantitative estimate of drug-likeness (QED) is 0.478. The highest BCUT2D eigenvalue weighted by Crippen LogP contribution is 2.27. The lowest BCUT2D eigenvalue weighted by Gasteiger charge is -2.25. The number of rotatable bonds is 4. The largest absolute Gasteiger partial charge is 0.381 e. The minimum absolute atomic E-state index is 0.133. The Morgan fingerprint density at radius 3 is 2.55 bits per heavy atom. The van der Waals surface area contributed by atoms with E-state index in [-0.39, 0.29) is 6.04 Å². The highest BCUT2D eigenvalue weighted by molar-refractivity contribution is 5.73. The van der Waals surface area contributed by atoms with Crippen LogP contribution in [0.15, 0.2) is 46.4 Å². The lowest BCUT2D eigenvalue weighted by Crippen LogP contribution is -2.43. The Morgan fingerprint density at radius 2 is 1.85 bits per heavy atom. The molecule has 1 N–H and O–H groups in total. The molecule has 0 spiro atoms. The number of aromatic nitrogens is 6. The van der Waals surface area contributed by atoms with E-state index in [9.17, 15) is 9.59 Å². The standard InChI is InChI=1S/C23H25N7O3/c1-14-10-15(16-11-25-28(2)13-16)4-5-18(14)26-23-24-12-19-20(27-23)30(17-6-8-33-9-7-17)22(32)21(31)29(19)3/h4-5,10-13,17H,6-9H2,1-3H3,(H,24,26,27). The summed E-state index contributed by atoms with van der Waals surface area (Å²) in [5.74, 6) is 0.360. The van der Waals surface area contributed by atoms with Gasteiger partial charge in [-0.05, 0) is 43.0 Å². The fourth-order valence-electron chi connectivity index (χ4n) is 4.25. The molecule has 1 fully saturated rings. The fourth-order valence-corrected chi connectivity index (χ4v) is 4.25. The van der Waals surface area contributed by atoms with Gasteiger partial charge in [-0.1, -0.05) is 6.07 Å². The van der Waals surface area contributed by atoms with Gasteiger partial charge < -0.3 is 14.6 Å². The van der Waals surface area contributed by atoms with Gasteiger partial charge >= 0.3 is 11.1 Å².